The normalized spacial score (nSPS) is 17.5. The molecule has 0 aliphatic carbocycles. The highest BCUT2D eigenvalue weighted by molar-refractivity contribution is 6.20. The standard InChI is InChI=1S/C18H20N2O3/c1-18(2,3)23-17(22)20-10-8-12(9-11-20)15-13-6-4-5-7-14(13)19-16(15)21/h4-8H,9-11H2,1-3H3. The first-order valence-corrected chi connectivity index (χ1v) is 7.75. The number of hydrogen-bond donors (Lipinski definition) is 0. The van der Waals surface area contributed by atoms with Gasteiger partial charge in [0.25, 0.3) is 5.91 Å². The highest BCUT2D eigenvalue weighted by atomic mass is 16.6. The molecule has 0 saturated heterocycles. The van der Waals surface area contributed by atoms with Crippen molar-refractivity contribution in [2.75, 3.05) is 13.1 Å². The van der Waals surface area contributed by atoms with E-state index in [4.69, 9.17) is 4.74 Å². The Hall–Kier alpha value is -2.43. The molecule has 0 fully saturated rings. The molecule has 1 aromatic rings. The summed E-state index contributed by atoms with van der Waals surface area (Å²) in [6.45, 7) is 6.54. The Bertz CT molecular complexity index is 815. The molecule has 5 nitrogen and oxygen atoms in total. The maximum Gasteiger partial charge on any atom is 0.410 e. The molecule has 0 radical (unpaired) electrons. The molecular formula is C18H20N2O3. The number of ether oxygens (including phenoxy) is 1. The van der Waals surface area contributed by atoms with Crippen LogP contribution in [-0.4, -0.2) is 35.6 Å². The van der Waals surface area contributed by atoms with Crippen molar-refractivity contribution in [1.82, 2.24) is 4.90 Å². The summed E-state index contributed by atoms with van der Waals surface area (Å²) in [4.78, 5) is 30.0. The Kier molecular flexibility index (Phi) is 3.80. The second-order valence-electron chi connectivity index (χ2n) is 6.71. The molecule has 2 amide bonds. The first-order valence-electron chi connectivity index (χ1n) is 7.75. The van der Waals surface area contributed by atoms with E-state index in [1.165, 1.54) is 0 Å². The van der Waals surface area contributed by atoms with Gasteiger partial charge in [0.2, 0.25) is 0 Å². The summed E-state index contributed by atoms with van der Waals surface area (Å²) in [5.74, 6) is -0.192. The zero-order chi connectivity index (χ0) is 16.6. The van der Waals surface area contributed by atoms with Gasteiger partial charge in [0.05, 0.1) is 10.9 Å². The van der Waals surface area contributed by atoms with E-state index in [9.17, 15) is 9.59 Å². The van der Waals surface area contributed by atoms with Gasteiger partial charge in [0, 0.05) is 18.3 Å². The van der Waals surface area contributed by atoms with Crippen LogP contribution in [0, 0.1) is 0 Å². The van der Waals surface area contributed by atoms with Gasteiger partial charge in [-0.05, 0) is 38.8 Å². The quantitative estimate of drug-likeness (QED) is 0.791. The average molecular weight is 312 g/mol. The fourth-order valence-corrected chi connectivity index (χ4v) is 2.76. The zero-order valence-corrected chi connectivity index (χ0v) is 13.6. The van der Waals surface area contributed by atoms with Crippen LogP contribution in [-0.2, 0) is 9.53 Å². The van der Waals surface area contributed by atoms with E-state index in [0.717, 1.165) is 16.1 Å². The molecule has 0 aromatic heterocycles. The lowest BCUT2D eigenvalue weighted by Crippen LogP contribution is -2.39. The van der Waals surface area contributed by atoms with E-state index in [1.807, 2.05) is 51.1 Å². The summed E-state index contributed by atoms with van der Waals surface area (Å²) in [6, 6.07) is 7.54. The van der Waals surface area contributed by atoms with Gasteiger partial charge in [0.1, 0.15) is 5.60 Å². The molecule has 1 aromatic carbocycles. The lowest BCUT2D eigenvalue weighted by atomic mass is 9.98. The second kappa shape index (κ2) is 5.65. The van der Waals surface area contributed by atoms with Crippen LogP contribution in [0.1, 0.15) is 27.2 Å². The number of rotatable bonds is 1. The number of benzene rings is 1. The number of nitrogens with zero attached hydrogens (tertiary/aromatic N) is 2. The largest absolute Gasteiger partial charge is 0.444 e. The second-order valence-corrected chi connectivity index (χ2v) is 6.71. The van der Waals surface area contributed by atoms with Crippen molar-refractivity contribution in [1.29, 1.82) is 0 Å². The molecule has 2 aliphatic rings. The molecule has 0 unspecified atom stereocenters. The molecular weight excluding hydrogens is 292 g/mol. The van der Waals surface area contributed by atoms with Gasteiger partial charge < -0.3 is 9.64 Å². The summed E-state index contributed by atoms with van der Waals surface area (Å²) < 4.78 is 5.38. The lowest BCUT2D eigenvalue weighted by Gasteiger charge is -2.29. The smallest absolute Gasteiger partial charge is 0.410 e. The topological polar surface area (TPSA) is 59.0 Å². The Balaban J connectivity index is 1.82. The summed E-state index contributed by atoms with van der Waals surface area (Å²) in [5.41, 5.74) is 1.13. The van der Waals surface area contributed by atoms with Crippen LogP contribution in [0.2, 0.25) is 0 Å². The molecule has 2 heterocycles. The van der Waals surface area contributed by atoms with Crippen molar-refractivity contribution in [3.05, 3.63) is 46.5 Å². The summed E-state index contributed by atoms with van der Waals surface area (Å²) >= 11 is 0. The predicted octanol–water partition coefficient (Wildman–Crippen LogP) is 1.56. The first-order chi connectivity index (χ1) is 10.8. The highest BCUT2D eigenvalue weighted by Gasteiger charge is 2.27. The monoisotopic (exact) mass is 312 g/mol. The SMILES string of the molecule is CC(C)(C)OC(=O)N1CC=C(C2=c3ccccc3=NC2=O)CC1. The van der Waals surface area contributed by atoms with Crippen molar-refractivity contribution in [3.63, 3.8) is 0 Å². The summed E-state index contributed by atoms with van der Waals surface area (Å²) in [6.07, 6.45) is 2.24. The summed E-state index contributed by atoms with van der Waals surface area (Å²) in [5, 5.41) is 1.61. The van der Waals surface area contributed by atoms with Crippen LogP contribution in [0.4, 0.5) is 4.79 Å². The Morgan fingerprint density at radius 1 is 1.26 bits per heavy atom. The maximum absolute atomic E-state index is 12.2. The van der Waals surface area contributed by atoms with E-state index in [-0.39, 0.29) is 12.0 Å². The van der Waals surface area contributed by atoms with Crippen LogP contribution in [0.5, 0.6) is 0 Å². The number of hydrogen-bond acceptors (Lipinski definition) is 3. The van der Waals surface area contributed by atoms with E-state index < -0.39 is 5.60 Å². The average Bonchev–Trinajstić information content (AvgIpc) is 2.81. The molecule has 23 heavy (non-hydrogen) atoms. The first kappa shape index (κ1) is 15.5. The number of carbonyl (C=O) groups is 2. The zero-order valence-electron chi connectivity index (χ0n) is 13.6. The third-order valence-electron chi connectivity index (χ3n) is 3.79. The van der Waals surface area contributed by atoms with E-state index in [1.54, 1.807) is 4.90 Å². The van der Waals surface area contributed by atoms with Crippen molar-refractivity contribution in [2.45, 2.75) is 32.8 Å². The predicted molar refractivity (Wildman–Crippen MR) is 86.1 cm³/mol. The molecule has 5 heteroatoms. The van der Waals surface area contributed by atoms with Gasteiger partial charge in [-0.15, -0.1) is 0 Å². The van der Waals surface area contributed by atoms with Crippen LogP contribution < -0.4 is 10.6 Å². The third-order valence-corrected chi connectivity index (χ3v) is 3.79. The van der Waals surface area contributed by atoms with Crippen LogP contribution in [0.3, 0.4) is 0 Å². The highest BCUT2D eigenvalue weighted by Crippen LogP contribution is 2.22. The van der Waals surface area contributed by atoms with Gasteiger partial charge in [0.15, 0.2) is 0 Å². The van der Waals surface area contributed by atoms with Crippen molar-refractivity contribution >= 4 is 17.6 Å². The molecule has 0 atom stereocenters. The van der Waals surface area contributed by atoms with Crippen molar-refractivity contribution in [2.24, 2.45) is 4.99 Å². The van der Waals surface area contributed by atoms with E-state index >= 15 is 0 Å². The Labute approximate surface area is 135 Å². The minimum atomic E-state index is -0.505. The number of amides is 2. The molecule has 3 rings (SSSR count). The fraction of sp³-hybridized carbons (Fsp3) is 0.389. The Morgan fingerprint density at radius 3 is 2.65 bits per heavy atom. The Morgan fingerprint density at radius 2 is 2.00 bits per heavy atom. The van der Waals surface area contributed by atoms with Crippen molar-refractivity contribution in [3.8, 4) is 0 Å². The van der Waals surface area contributed by atoms with Crippen LogP contribution in [0.25, 0.3) is 5.57 Å². The molecule has 0 spiro atoms. The van der Waals surface area contributed by atoms with Crippen molar-refractivity contribution < 1.29 is 14.3 Å². The number of carbonyl (C=O) groups excluding carboxylic acids is 2. The number of para-hydroxylation sites is 1. The number of fused-ring (bicyclic) bond motifs is 1. The molecule has 0 bridgehead atoms. The van der Waals surface area contributed by atoms with E-state index in [0.29, 0.717) is 25.1 Å². The van der Waals surface area contributed by atoms with Gasteiger partial charge >= 0.3 is 6.09 Å². The van der Waals surface area contributed by atoms with Gasteiger partial charge in [-0.2, -0.15) is 0 Å². The fourth-order valence-electron chi connectivity index (χ4n) is 2.76. The molecule has 0 N–H and O–H groups in total. The minimum Gasteiger partial charge on any atom is -0.444 e. The molecule has 120 valence electrons. The minimum absolute atomic E-state index is 0.192. The molecule has 0 saturated carbocycles. The lowest BCUT2D eigenvalue weighted by molar-refractivity contribution is -0.112. The third kappa shape index (κ3) is 3.18. The van der Waals surface area contributed by atoms with E-state index in [2.05, 4.69) is 4.99 Å². The van der Waals surface area contributed by atoms with Crippen LogP contribution in [0.15, 0.2) is 40.9 Å². The molecule has 2 aliphatic heterocycles. The van der Waals surface area contributed by atoms with Gasteiger partial charge in [-0.25, -0.2) is 9.79 Å². The van der Waals surface area contributed by atoms with Crippen LogP contribution >= 0.6 is 0 Å². The summed E-state index contributed by atoms with van der Waals surface area (Å²) in [7, 11) is 0. The van der Waals surface area contributed by atoms with Gasteiger partial charge in [-0.3, -0.25) is 4.79 Å². The maximum atomic E-state index is 12.2. The van der Waals surface area contributed by atoms with Gasteiger partial charge in [-0.1, -0.05) is 24.3 Å².